The number of ether oxygens (including phenoxy) is 4. The molecule has 0 saturated carbocycles. The normalized spacial score (nSPS) is 16.4. The van der Waals surface area contributed by atoms with Crippen molar-refractivity contribution in [2.45, 2.75) is 26.0 Å². The van der Waals surface area contributed by atoms with E-state index >= 15 is 0 Å². The average Bonchev–Trinajstić information content (AvgIpc) is 3.20. The second-order valence-corrected chi connectivity index (χ2v) is 8.74. The molecule has 1 unspecified atom stereocenters. The summed E-state index contributed by atoms with van der Waals surface area (Å²) in [4.78, 5) is 27.9. The standard InChI is InChI=1S/C30H31NO7/c1-5-15-31-27(20-11-13-24(37-4)25(16-20)38-18-19-9-7-6-8-10-19)26(29(33)30(31)34)28(32)22-17-21(35-2)12-14-23(22)36-3/h6-14,16-17,27,32H,5,15,18H2,1-4H3/b28-26+. The minimum Gasteiger partial charge on any atom is -0.507 e. The Bertz CT molecular complexity index is 1350. The van der Waals surface area contributed by atoms with Crippen molar-refractivity contribution < 1.29 is 33.6 Å². The minimum atomic E-state index is -0.837. The first-order valence-corrected chi connectivity index (χ1v) is 12.3. The Morgan fingerprint density at radius 1 is 0.868 bits per heavy atom. The lowest BCUT2D eigenvalue weighted by Crippen LogP contribution is -2.30. The maximum absolute atomic E-state index is 13.3. The third-order valence-electron chi connectivity index (χ3n) is 6.41. The van der Waals surface area contributed by atoms with Crippen LogP contribution in [-0.2, 0) is 16.2 Å². The van der Waals surface area contributed by atoms with Crippen molar-refractivity contribution in [1.29, 1.82) is 0 Å². The van der Waals surface area contributed by atoms with Crippen molar-refractivity contribution in [3.05, 3.63) is 89.0 Å². The molecule has 3 aromatic carbocycles. The van der Waals surface area contributed by atoms with Crippen LogP contribution in [-0.4, -0.2) is 49.6 Å². The molecular weight excluding hydrogens is 486 g/mol. The lowest BCUT2D eigenvalue weighted by molar-refractivity contribution is -0.139. The molecule has 8 nitrogen and oxygen atoms in total. The van der Waals surface area contributed by atoms with Crippen LogP contribution in [0.2, 0.25) is 0 Å². The lowest BCUT2D eigenvalue weighted by atomic mass is 9.94. The van der Waals surface area contributed by atoms with E-state index in [1.807, 2.05) is 37.3 Å². The summed E-state index contributed by atoms with van der Waals surface area (Å²) >= 11 is 0. The largest absolute Gasteiger partial charge is 0.507 e. The molecule has 0 bridgehead atoms. The summed E-state index contributed by atoms with van der Waals surface area (Å²) in [6.45, 7) is 2.55. The molecule has 8 heteroatoms. The van der Waals surface area contributed by atoms with Gasteiger partial charge in [0.1, 0.15) is 23.9 Å². The molecule has 0 aliphatic carbocycles. The van der Waals surface area contributed by atoms with Gasteiger partial charge in [-0.1, -0.05) is 43.3 Å². The van der Waals surface area contributed by atoms with E-state index in [1.54, 1.807) is 43.5 Å². The molecule has 1 heterocycles. The van der Waals surface area contributed by atoms with E-state index in [-0.39, 0.29) is 16.9 Å². The highest BCUT2D eigenvalue weighted by Crippen LogP contribution is 2.43. The molecule has 0 spiro atoms. The second-order valence-electron chi connectivity index (χ2n) is 8.74. The van der Waals surface area contributed by atoms with Crippen LogP contribution in [0, 0.1) is 0 Å². The molecule has 1 atom stereocenters. The Morgan fingerprint density at radius 3 is 2.24 bits per heavy atom. The first-order chi connectivity index (χ1) is 18.4. The van der Waals surface area contributed by atoms with Crippen LogP contribution in [0.3, 0.4) is 0 Å². The fraction of sp³-hybridized carbons (Fsp3) is 0.267. The van der Waals surface area contributed by atoms with Crippen molar-refractivity contribution in [3.63, 3.8) is 0 Å². The van der Waals surface area contributed by atoms with E-state index in [9.17, 15) is 14.7 Å². The molecular formula is C30H31NO7. The van der Waals surface area contributed by atoms with Gasteiger partial charge in [-0.15, -0.1) is 0 Å². The maximum Gasteiger partial charge on any atom is 0.295 e. The topological polar surface area (TPSA) is 94.5 Å². The van der Waals surface area contributed by atoms with Gasteiger partial charge in [0.05, 0.1) is 38.5 Å². The molecule has 0 aromatic heterocycles. The number of nitrogens with zero attached hydrogens (tertiary/aromatic N) is 1. The van der Waals surface area contributed by atoms with Gasteiger partial charge < -0.3 is 29.0 Å². The lowest BCUT2D eigenvalue weighted by Gasteiger charge is -2.26. The molecule has 3 aromatic rings. The Morgan fingerprint density at radius 2 is 1.58 bits per heavy atom. The number of likely N-dealkylation sites (tertiary alicyclic amines) is 1. The molecule has 1 fully saturated rings. The summed E-state index contributed by atoms with van der Waals surface area (Å²) < 4.78 is 22.3. The van der Waals surface area contributed by atoms with Gasteiger partial charge in [0.15, 0.2) is 11.5 Å². The minimum absolute atomic E-state index is 0.0332. The van der Waals surface area contributed by atoms with Crippen LogP contribution in [0.1, 0.15) is 36.1 Å². The van der Waals surface area contributed by atoms with E-state index in [0.29, 0.717) is 48.1 Å². The monoisotopic (exact) mass is 517 g/mol. The smallest absolute Gasteiger partial charge is 0.295 e. The second kappa shape index (κ2) is 11.7. The summed E-state index contributed by atoms with van der Waals surface area (Å²) in [5.41, 5.74) is 1.79. The van der Waals surface area contributed by atoms with E-state index in [4.69, 9.17) is 18.9 Å². The molecule has 198 valence electrons. The summed E-state index contributed by atoms with van der Waals surface area (Å²) in [6.07, 6.45) is 0.625. The van der Waals surface area contributed by atoms with Gasteiger partial charge in [0, 0.05) is 6.54 Å². The van der Waals surface area contributed by atoms with Crippen LogP contribution in [0.4, 0.5) is 0 Å². The zero-order valence-corrected chi connectivity index (χ0v) is 21.9. The van der Waals surface area contributed by atoms with Gasteiger partial charge >= 0.3 is 0 Å². The predicted molar refractivity (Wildman–Crippen MR) is 143 cm³/mol. The van der Waals surface area contributed by atoms with Gasteiger partial charge in [0.2, 0.25) is 0 Å². The van der Waals surface area contributed by atoms with Crippen molar-refractivity contribution in [1.82, 2.24) is 4.90 Å². The van der Waals surface area contributed by atoms with Gasteiger partial charge in [0.25, 0.3) is 11.7 Å². The van der Waals surface area contributed by atoms with Crippen LogP contribution < -0.4 is 18.9 Å². The molecule has 0 radical (unpaired) electrons. The number of benzene rings is 3. The number of carbonyl (C=O) groups is 2. The zero-order chi connectivity index (χ0) is 27.2. The van der Waals surface area contributed by atoms with Gasteiger partial charge in [-0.2, -0.15) is 0 Å². The molecule has 1 N–H and O–H groups in total. The van der Waals surface area contributed by atoms with Gasteiger partial charge in [-0.05, 0) is 47.9 Å². The predicted octanol–water partition coefficient (Wildman–Crippen LogP) is 5.12. The van der Waals surface area contributed by atoms with Crippen LogP contribution in [0.25, 0.3) is 5.76 Å². The number of Topliss-reactive ketones (excluding diaryl/α,β-unsaturated/α-hetero) is 1. The summed E-state index contributed by atoms with van der Waals surface area (Å²) in [5, 5.41) is 11.5. The van der Waals surface area contributed by atoms with Gasteiger partial charge in [-0.3, -0.25) is 9.59 Å². The highest BCUT2D eigenvalue weighted by Gasteiger charge is 2.46. The number of rotatable bonds is 10. The van der Waals surface area contributed by atoms with Crippen molar-refractivity contribution in [2.75, 3.05) is 27.9 Å². The quantitative estimate of drug-likeness (QED) is 0.227. The van der Waals surface area contributed by atoms with E-state index in [2.05, 4.69) is 0 Å². The van der Waals surface area contributed by atoms with Crippen LogP contribution in [0.15, 0.2) is 72.3 Å². The fourth-order valence-electron chi connectivity index (χ4n) is 4.55. The Kier molecular flexibility index (Phi) is 8.21. The fourth-order valence-corrected chi connectivity index (χ4v) is 4.55. The SMILES string of the molecule is CCCN1C(=O)C(=O)/C(=C(/O)c2cc(OC)ccc2OC)C1c1ccc(OC)c(OCc2ccccc2)c1. The number of aliphatic hydroxyl groups is 1. The number of hydrogen-bond acceptors (Lipinski definition) is 7. The van der Waals surface area contributed by atoms with Crippen molar-refractivity contribution >= 4 is 17.4 Å². The number of aliphatic hydroxyl groups excluding tert-OH is 1. The van der Waals surface area contributed by atoms with Crippen molar-refractivity contribution in [3.8, 4) is 23.0 Å². The van der Waals surface area contributed by atoms with E-state index < -0.39 is 17.7 Å². The third kappa shape index (κ3) is 5.16. The van der Waals surface area contributed by atoms with Crippen LogP contribution >= 0.6 is 0 Å². The Hall–Kier alpha value is -4.46. The molecule has 1 amide bonds. The molecule has 1 saturated heterocycles. The molecule has 38 heavy (non-hydrogen) atoms. The maximum atomic E-state index is 13.3. The zero-order valence-electron chi connectivity index (χ0n) is 21.9. The summed E-state index contributed by atoms with van der Waals surface area (Å²) in [5.74, 6) is -0.0268. The number of ketones is 1. The van der Waals surface area contributed by atoms with E-state index in [0.717, 1.165) is 5.56 Å². The average molecular weight is 518 g/mol. The number of amides is 1. The summed E-state index contributed by atoms with van der Waals surface area (Å²) in [7, 11) is 4.51. The number of hydrogen-bond donors (Lipinski definition) is 1. The number of carbonyl (C=O) groups excluding carboxylic acids is 2. The Labute approximate surface area is 222 Å². The Balaban J connectivity index is 1.84. The highest BCUT2D eigenvalue weighted by molar-refractivity contribution is 6.46. The molecule has 1 aliphatic rings. The van der Waals surface area contributed by atoms with Crippen molar-refractivity contribution in [2.24, 2.45) is 0 Å². The molecule has 1 aliphatic heterocycles. The molecule has 4 rings (SSSR count). The van der Waals surface area contributed by atoms with Crippen LogP contribution in [0.5, 0.6) is 23.0 Å². The first-order valence-electron chi connectivity index (χ1n) is 12.3. The number of methoxy groups -OCH3 is 3. The van der Waals surface area contributed by atoms with E-state index in [1.165, 1.54) is 19.1 Å². The first kappa shape index (κ1) is 26.6. The highest BCUT2D eigenvalue weighted by atomic mass is 16.5. The van der Waals surface area contributed by atoms with Gasteiger partial charge in [-0.25, -0.2) is 0 Å². The third-order valence-corrected chi connectivity index (χ3v) is 6.41. The summed E-state index contributed by atoms with van der Waals surface area (Å²) in [6, 6.07) is 19.0.